The minimum Gasteiger partial charge on any atom is -0.495 e. The maximum Gasteiger partial charge on any atom is 0.279 e. The van der Waals surface area contributed by atoms with Gasteiger partial charge in [0.25, 0.3) is 5.91 Å². The van der Waals surface area contributed by atoms with Crippen molar-refractivity contribution in [3.63, 3.8) is 0 Å². The number of hydrogen-bond acceptors (Lipinski definition) is 3. The Balaban J connectivity index is 2.16. The maximum absolute atomic E-state index is 12.6. The van der Waals surface area contributed by atoms with Crippen LogP contribution in [0.3, 0.4) is 0 Å². The number of methoxy groups -OCH3 is 1. The molecule has 0 unspecified atom stereocenters. The quantitative estimate of drug-likeness (QED) is 0.721. The van der Waals surface area contributed by atoms with Crippen molar-refractivity contribution in [1.29, 1.82) is 0 Å². The fraction of sp³-hybridized carbons (Fsp3) is 0.263. The Bertz CT molecular complexity index is 983. The average Bonchev–Trinajstić information content (AvgIpc) is 2.94. The van der Waals surface area contributed by atoms with Gasteiger partial charge in [0.05, 0.1) is 11.8 Å². The molecule has 0 spiro atoms. The smallest absolute Gasteiger partial charge is 0.279 e. The molecule has 24 heavy (non-hydrogen) atoms. The van der Waals surface area contributed by atoms with Gasteiger partial charge in [-0.05, 0) is 56.2 Å². The fourth-order valence-corrected chi connectivity index (χ4v) is 3.78. The molecule has 124 valence electrons. The van der Waals surface area contributed by atoms with Gasteiger partial charge in [0.2, 0.25) is 0 Å². The number of nitrogens with zero attached hydrogens (tertiary/aromatic N) is 2. The minimum absolute atomic E-state index is 0.217. The van der Waals surface area contributed by atoms with Crippen LogP contribution in [0.4, 0.5) is 0 Å². The van der Waals surface area contributed by atoms with Crippen LogP contribution in [0.1, 0.15) is 28.4 Å². The van der Waals surface area contributed by atoms with E-state index in [-0.39, 0.29) is 5.91 Å². The first-order valence-corrected chi connectivity index (χ1v) is 8.69. The van der Waals surface area contributed by atoms with E-state index >= 15 is 0 Å². The summed E-state index contributed by atoms with van der Waals surface area (Å²) in [5.74, 6) is 0.580. The average molecular weight is 340 g/mol. The van der Waals surface area contributed by atoms with Crippen molar-refractivity contribution in [3.05, 3.63) is 57.9 Å². The summed E-state index contributed by atoms with van der Waals surface area (Å²) >= 11 is 1.50. The molecule has 0 aliphatic carbocycles. The molecular weight excluding hydrogens is 320 g/mol. The molecule has 0 atom stereocenters. The number of rotatable bonds is 3. The van der Waals surface area contributed by atoms with Crippen LogP contribution in [0, 0.1) is 13.8 Å². The Morgan fingerprint density at radius 1 is 1.21 bits per heavy atom. The number of aryl methyl sites for hydroxylation is 3. The lowest BCUT2D eigenvalue weighted by Gasteiger charge is -2.05. The molecule has 0 N–H and O–H groups in total. The maximum atomic E-state index is 12.6. The second-order valence-corrected chi connectivity index (χ2v) is 6.66. The van der Waals surface area contributed by atoms with Crippen LogP contribution in [0.5, 0.6) is 5.75 Å². The van der Waals surface area contributed by atoms with Crippen LogP contribution in [-0.4, -0.2) is 17.6 Å². The molecule has 0 fully saturated rings. The molecule has 2 aromatic carbocycles. The monoisotopic (exact) mass is 340 g/mol. The van der Waals surface area contributed by atoms with Crippen molar-refractivity contribution in [2.24, 2.45) is 4.99 Å². The van der Waals surface area contributed by atoms with Crippen LogP contribution >= 0.6 is 11.3 Å². The topological polar surface area (TPSA) is 43.6 Å². The summed E-state index contributed by atoms with van der Waals surface area (Å²) in [5.41, 5.74) is 3.86. The van der Waals surface area contributed by atoms with Crippen molar-refractivity contribution >= 4 is 27.5 Å². The number of thiazole rings is 1. The molecule has 0 bridgehead atoms. The number of carbonyl (C=O) groups excluding carboxylic acids is 1. The highest BCUT2D eigenvalue weighted by Gasteiger charge is 2.12. The lowest BCUT2D eigenvalue weighted by molar-refractivity contribution is 0.0997. The summed E-state index contributed by atoms with van der Waals surface area (Å²) in [7, 11) is 1.66. The lowest BCUT2D eigenvalue weighted by Crippen LogP contribution is -2.16. The van der Waals surface area contributed by atoms with E-state index in [0.29, 0.717) is 10.4 Å². The zero-order valence-electron chi connectivity index (χ0n) is 14.3. The lowest BCUT2D eigenvalue weighted by atomic mass is 10.1. The predicted molar refractivity (Wildman–Crippen MR) is 97.9 cm³/mol. The van der Waals surface area contributed by atoms with Gasteiger partial charge in [-0.25, -0.2) is 0 Å². The summed E-state index contributed by atoms with van der Waals surface area (Å²) < 4.78 is 8.54. The number of fused-ring (bicyclic) bond motifs is 1. The molecule has 3 aromatic rings. The molecule has 1 aromatic heterocycles. The number of amides is 1. The van der Waals surface area contributed by atoms with Gasteiger partial charge in [-0.1, -0.05) is 23.5 Å². The van der Waals surface area contributed by atoms with E-state index < -0.39 is 0 Å². The van der Waals surface area contributed by atoms with Crippen LogP contribution in [0.2, 0.25) is 0 Å². The standard InChI is InChI=1S/C19H20N2O2S/c1-5-21-17-15(23-4)7-6-8-16(17)24-19(21)20-18(22)14-10-9-12(2)13(3)11-14/h6-11H,5H2,1-4H3. The van der Waals surface area contributed by atoms with E-state index in [1.807, 2.05) is 61.7 Å². The van der Waals surface area contributed by atoms with Crippen LogP contribution in [-0.2, 0) is 6.54 Å². The zero-order valence-corrected chi connectivity index (χ0v) is 15.1. The first-order valence-electron chi connectivity index (χ1n) is 7.87. The molecule has 0 aliphatic heterocycles. The Hall–Kier alpha value is -2.40. The van der Waals surface area contributed by atoms with Gasteiger partial charge in [-0.3, -0.25) is 4.79 Å². The largest absolute Gasteiger partial charge is 0.495 e. The summed E-state index contributed by atoms with van der Waals surface area (Å²) in [4.78, 5) is 17.6. The van der Waals surface area contributed by atoms with E-state index in [4.69, 9.17) is 4.74 Å². The number of benzene rings is 2. The van der Waals surface area contributed by atoms with E-state index in [2.05, 4.69) is 4.99 Å². The second-order valence-electron chi connectivity index (χ2n) is 5.65. The Kier molecular flexibility index (Phi) is 4.53. The highest BCUT2D eigenvalue weighted by molar-refractivity contribution is 7.16. The van der Waals surface area contributed by atoms with E-state index in [0.717, 1.165) is 28.1 Å². The van der Waals surface area contributed by atoms with Crippen molar-refractivity contribution in [2.75, 3.05) is 7.11 Å². The first kappa shape index (κ1) is 16.5. The molecule has 0 radical (unpaired) electrons. The van der Waals surface area contributed by atoms with Crippen molar-refractivity contribution in [2.45, 2.75) is 27.3 Å². The van der Waals surface area contributed by atoms with Gasteiger partial charge in [-0.2, -0.15) is 4.99 Å². The van der Waals surface area contributed by atoms with E-state index in [1.165, 1.54) is 16.9 Å². The highest BCUT2D eigenvalue weighted by atomic mass is 32.1. The molecule has 1 amide bonds. The SMILES string of the molecule is CCn1c(=NC(=O)c2ccc(C)c(C)c2)sc2cccc(OC)c21. The van der Waals surface area contributed by atoms with Gasteiger partial charge < -0.3 is 9.30 Å². The van der Waals surface area contributed by atoms with Crippen molar-refractivity contribution in [3.8, 4) is 5.75 Å². The summed E-state index contributed by atoms with van der Waals surface area (Å²) in [6.07, 6.45) is 0. The molecule has 0 aliphatic rings. The zero-order chi connectivity index (χ0) is 17.3. The summed E-state index contributed by atoms with van der Waals surface area (Å²) in [6, 6.07) is 11.6. The van der Waals surface area contributed by atoms with Crippen LogP contribution in [0.15, 0.2) is 41.4 Å². The van der Waals surface area contributed by atoms with Gasteiger partial charge >= 0.3 is 0 Å². The number of para-hydroxylation sites is 1. The van der Waals surface area contributed by atoms with Crippen molar-refractivity contribution in [1.82, 2.24) is 4.57 Å². The first-order chi connectivity index (χ1) is 11.5. The van der Waals surface area contributed by atoms with Gasteiger partial charge in [0.1, 0.15) is 11.3 Å². The van der Waals surface area contributed by atoms with Crippen LogP contribution in [0.25, 0.3) is 10.2 Å². The highest BCUT2D eigenvalue weighted by Crippen LogP contribution is 2.27. The number of aromatic nitrogens is 1. The third-order valence-corrected chi connectivity index (χ3v) is 5.19. The third kappa shape index (κ3) is 2.87. The summed E-state index contributed by atoms with van der Waals surface area (Å²) in [6.45, 7) is 6.80. The fourth-order valence-electron chi connectivity index (χ4n) is 2.67. The normalized spacial score (nSPS) is 11.9. The molecule has 0 saturated heterocycles. The number of ether oxygens (including phenoxy) is 1. The number of hydrogen-bond donors (Lipinski definition) is 0. The Labute approximate surface area is 145 Å². The van der Waals surface area contributed by atoms with Gasteiger partial charge in [-0.15, -0.1) is 0 Å². The van der Waals surface area contributed by atoms with Gasteiger partial charge in [0.15, 0.2) is 4.80 Å². The molecule has 1 heterocycles. The molecular formula is C19H20N2O2S. The molecule has 0 saturated carbocycles. The molecule has 4 nitrogen and oxygen atoms in total. The minimum atomic E-state index is -0.217. The molecule has 5 heteroatoms. The number of carbonyl (C=O) groups is 1. The Morgan fingerprint density at radius 3 is 2.67 bits per heavy atom. The van der Waals surface area contributed by atoms with Gasteiger partial charge in [0, 0.05) is 12.1 Å². The summed E-state index contributed by atoms with van der Waals surface area (Å²) in [5, 5.41) is 0. The van der Waals surface area contributed by atoms with Crippen molar-refractivity contribution < 1.29 is 9.53 Å². The van der Waals surface area contributed by atoms with E-state index in [1.54, 1.807) is 7.11 Å². The third-order valence-electron chi connectivity index (χ3n) is 4.15. The molecule has 3 rings (SSSR count). The Morgan fingerprint density at radius 2 is 2.00 bits per heavy atom. The van der Waals surface area contributed by atoms with Crippen LogP contribution < -0.4 is 9.54 Å². The van der Waals surface area contributed by atoms with E-state index in [9.17, 15) is 4.79 Å². The predicted octanol–water partition coefficient (Wildman–Crippen LogP) is 4.09. The second kappa shape index (κ2) is 6.61.